The van der Waals surface area contributed by atoms with Crippen molar-refractivity contribution < 1.29 is 14.7 Å². The van der Waals surface area contributed by atoms with E-state index in [4.69, 9.17) is 5.11 Å². The number of aliphatic carboxylic acids is 1. The third kappa shape index (κ3) is 3.12. The second-order valence-corrected chi connectivity index (χ2v) is 5.22. The Kier molecular flexibility index (Phi) is 4.32. The van der Waals surface area contributed by atoms with Crippen molar-refractivity contribution in [1.29, 1.82) is 0 Å². The lowest BCUT2D eigenvalue weighted by Crippen LogP contribution is -2.34. The fourth-order valence-corrected chi connectivity index (χ4v) is 2.57. The Hall–Kier alpha value is -1.98. The van der Waals surface area contributed by atoms with Crippen LogP contribution in [0.15, 0.2) is 6.07 Å². The summed E-state index contributed by atoms with van der Waals surface area (Å²) in [4.78, 5) is 23.2. The van der Waals surface area contributed by atoms with Gasteiger partial charge in [0.2, 0.25) is 0 Å². The molecular weight excluding hydrogens is 258 g/mol. The zero-order valence-electron chi connectivity index (χ0n) is 11.7. The molecule has 1 aromatic rings. The van der Waals surface area contributed by atoms with E-state index in [1.165, 1.54) is 0 Å². The molecule has 20 heavy (non-hydrogen) atoms. The normalized spacial score (nSPS) is 21.7. The molecule has 0 aromatic carbocycles. The molecule has 1 aliphatic rings. The Morgan fingerprint density at radius 2 is 2.15 bits per heavy atom. The topological polar surface area (TPSA) is 92.2 Å². The maximum absolute atomic E-state index is 12.3. The van der Waals surface area contributed by atoms with Gasteiger partial charge in [0.05, 0.1) is 22.9 Å². The Morgan fingerprint density at radius 3 is 2.75 bits per heavy atom. The zero-order chi connectivity index (χ0) is 14.7. The molecule has 2 N–H and O–H groups in total. The van der Waals surface area contributed by atoms with Crippen molar-refractivity contribution >= 4 is 11.9 Å². The summed E-state index contributed by atoms with van der Waals surface area (Å²) in [6, 6.07) is 1.66. The summed E-state index contributed by atoms with van der Waals surface area (Å²) in [5.74, 6) is -1.31. The summed E-state index contributed by atoms with van der Waals surface area (Å²) < 4.78 is 0. The average Bonchev–Trinajstić information content (AvgIpc) is 2.87. The quantitative estimate of drug-likeness (QED) is 0.866. The molecule has 1 saturated carbocycles. The highest BCUT2D eigenvalue weighted by molar-refractivity contribution is 5.95. The van der Waals surface area contributed by atoms with Gasteiger partial charge in [0.15, 0.2) is 0 Å². The summed E-state index contributed by atoms with van der Waals surface area (Å²) in [5.41, 5.74) is 1.90. The number of hydrogen-bond acceptors (Lipinski definition) is 4. The number of nitrogens with one attached hydrogen (secondary N) is 1. The Bertz CT molecular complexity index is 530. The highest BCUT2D eigenvalue weighted by Gasteiger charge is 2.31. The van der Waals surface area contributed by atoms with Crippen LogP contribution in [0, 0.1) is 12.8 Å². The van der Waals surface area contributed by atoms with Crippen LogP contribution in [0.2, 0.25) is 0 Å². The molecule has 0 spiro atoms. The molecule has 0 radical (unpaired) electrons. The maximum atomic E-state index is 12.3. The largest absolute Gasteiger partial charge is 0.481 e. The van der Waals surface area contributed by atoms with E-state index in [-0.39, 0.29) is 17.9 Å². The number of hydrogen-bond donors (Lipinski definition) is 2. The van der Waals surface area contributed by atoms with Gasteiger partial charge in [-0.25, -0.2) is 0 Å². The summed E-state index contributed by atoms with van der Waals surface area (Å²) in [6.45, 7) is 3.71. The SMILES string of the molecule is CCc1nnc(C)cc1C(=O)NC1CCC(C(=O)O)C1. The number of amides is 1. The van der Waals surface area contributed by atoms with Crippen LogP contribution in [0.1, 0.15) is 47.9 Å². The molecule has 1 aromatic heterocycles. The monoisotopic (exact) mass is 277 g/mol. The van der Waals surface area contributed by atoms with E-state index < -0.39 is 5.97 Å². The lowest BCUT2D eigenvalue weighted by atomic mass is 10.1. The van der Waals surface area contributed by atoms with Gasteiger partial charge in [0.25, 0.3) is 5.91 Å². The number of carbonyl (C=O) groups is 2. The van der Waals surface area contributed by atoms with Crippen molar-refractivity contribution in [2.24, 2.45) is 5.92 Å². The number of carboxylic acid groups (broad SMARTS) is 1. The van der Waals surface area contributed by atoms with Gasteiger partial charge < -0.3 is 10.4 Å². The van der Waals surface area contributed by atoms with E-state index in [0.717, 1.165) is 0 Å². The standard InChI is InChI=1S/C14H19N3O3/c1-3-12-11(6-8(2)16-17-12)13(18)15-10-5-4-9(7-10)14(19)20/h6,9-10H,3-5,7H2,1-2H3,(H,15,18)(H,19,20). The van der Waals surface area contributed by atoms with E-state index in [9.17, 15) is 9.59 Å². The van der Waals surface area contributed by atoms with Gasteiger partial charge in [0, 0.05) is 6.04 Å². The third-order valence-corrected chi connectivity index (χ3v) is 3.69. The second-order valence-electron chi connectivity index (χ2n) is 5.22. The Labute approximate surface area is 117 Å². The van der Waals surface area contributed by atoms with Crippen LogP contribution in [0.5, 0.6) is 0 Å². The summed E-state index contributed by atoms with van der Waals surface area (Å²) in [6.07, 6.45) is 2.47. The van der Waals surface area contributed by atoms with Crippen LogP contribution in [-0.4, -0.2) is 33.2 Å². The highest BCUT2D eigenvalue weighted by atomic mass is 16.4. The molecule has 1 heterocycles. The van der Waals surface area contributed by atoms with Gasteiger partial charge in [-0.3, -0.25) is 9.59 Å². The van der Waals surface area contributed by atoms with Gasteiger partial charge in [0.1, 0.15) is 0 Å². The van der Waals surface area contributed by atoms with Crippen LogP contribution >= 0.6 is 0 Å². The minimum absolute atomic E-state index is 0.0678. The van der Waals surface area contributed by atoms with Gasteiger partial charge >= 0.3 is 5.97 Å². The highest BCUT2D eigenvalue weighted by Crippen LogP contribution is 2.26. The molecule has 1 aliphatic carbocycles. The van der Waals surface area contributed by atoms with Gasteiger partial charge in [-0.15, -0.1) is 0 Å². The van der Waals surface area contributed by atoms with E-state index in [1.807, 2.05) is 6.92 Å². The number of nitrogens with zero attached hydrogens (tertiary/aromatic N) is 2. The molecule has 0 aliphatic heterocycles. The van der Waals surface area contributed by atoms with Crippen LogP contribution in [0.4, 0.5) is 0 Å². The van der Waals surface area contributed by atoms with Crippen LogP contribution in [-0.2, 0) is 11.2 Å². The third-order valence-electron chi connectivity index (χ3n) is 3.69. The smallest absolute Gasteiger partial charge is 0.306 e. The number of aromatic nitrogens is 2. The number of carboxylic acids is 1. The van der Waals surface area contributed by atoms with Crippen molar-refractivity contribution in [2.75, 3.05) is 0 Å². The first-order valence-corrected chi connectivity index (χ1v) is 6.88. The molecule has 2 unspecified atom stereocenters. The van der Waals surface area contributed by atoms with Gasteiger partial charge in [-0.1, -0.05) is 6.92 Å². The Morgan fingerprint density at radius 1 is 1.40 bits per heavy atom. The van der Waals surface area contributed by atoms with Crippen molar-refractivity contribution in [2.45, 2.75) is 45.6 Å². The van der Waals surface area contributed by atoms with Crippen molar-refractivity contribution in [3.8, 4) is 0 Å². The predicted octanol–water partition coefficient (Wildman–Crippen LogP) is 1.33. The molecule has 0 bridgehead atoms. The lowest BCUT2D eigenvalue weighted by molar-refractivity contribution is -0.141. The van der Waals surface area contributed by atoms with Crippen molar-refractivity contribution in [3.63, 3.8) is 0 Å². The molecule has 2 atom stereocenters. The van der Waals surface area contributed by atoms with Gasteiger partial charge in [-0.05, 0) is 38.7 Å². The van der Waals surface area contributed by atoms with E-state index >= 15 is 0 Å². The van der Waals surface area contributed by atoms with Crippen molar-refractivity contribution in [1.82, 2.24) is 15.5 Å². The molecule has 6 nitrogen and oxygen atoms in total. The van der Waals surface area contributed by atoms with Crippen molar-refractivity contribution in [3.05, 3.63) is 23.0 Å². The van der Waals surface area contributed by atoms with Gasteiger partial charge in [-0.2, -0.15) is 10.2 Å². The van der Waals surface area contributed by atoms with E-state index in [2.05, 4.69) is 15.5 Å². The Balaban J connectivity index is 2.06. The molecule has 1 amide bonds. The predicted molar refractivity (Wildman–Crippen MR) is 72.4 cm³/mol. The van der Waals surface area contributed by atoms with Crippen LogP contribution < -0.4 is 5.32 Å². The molecule has 0 saturated heterocycles. The molecule has 6 heteroatoms. The summed E-state index contributed by atoms with van der Waals surface area (Å²) >= 11 is 0. The zero-order valence-corrected chi connectivity index (χ0v) is 11.7. The van der Waals surface area contributed by atoms with Crippen LogP contribution in [0.25, 0.3) is 0 Å². The first-order chi connectivity index (χ1) is 9.51. The lowest BCUT2D eigenvalue weighted by Gasteiger charge is -2.14. The van der Waals surface area contributed by atoms with E-state index in [0.29, 0.717) is 42.6 Å². The van der Waals surface area contributed by atoms with Crippen LogP contribution in [0.3, 0.4) is 0 Å². The molecule has 1 fully saturated rings. The molecular formula is C14H19N3O3. The molecule has 108 valence electrons. The fourth-order valence-electron chi connectivity index (χ4n) is 2.57. The number of aryl methyl sites for hydroxylation is 2. The maximum Gasteiger partial charge on any atom is 0.306 e. The van der Waals surface area contributed by atoms with E-state index in [1.54, 1.807) is 13.0 Å². The fraction of sp³-hybridized carbons (Fsp3) is 0.571. The number of carbonyl (C=O) groups excluding carboxylic acids is 1. The summed E-state index contributed by atoms with van der Waals surface area (Å²) in [5, 5.41) is 19.9. The first-order valence-electron chi connectivity index (χ1n) is 6.88. The first kappa shape index (κ1) is 14.4. The minimum atomic E-state index is -0.780. The average molecular weight is 277 g/mol. The summed E-state index contributed by atoms with van der Waals surface area (Å²) in [7, 11) is 0. The minimum Gasteiger partial charge on any atom is -0.481 e. The number of rotatable bonds is 4. The molecule has 2 rings (SSSR count). The second kappa shape index (κ2) is 5.98.